The van der Waals surface area contributed by atoms with Crippen LogP contribution in [0.5, 0.6) is 0 Å². The molecule has 13 heavy (non-hydrogen) atoms. The smallest absolute Gasteiger partial charge is 0.150 e. The van der Waals surface area contributed by atoms with Gasteiger partial charge in [-0.2, -0.15) is 5.06 Å². The van der Waals surface area contributed by atoms with E-state index in [4.69, 9.17) is 4.84 Å². The fourth-order valence-electron chi connectivity index (χ4n) is 1.70. The summed E-state index contributed by atoms with van der Waals surface area (Å²) in [6, 6.07) is 0. The molecule has 1 fully saturated rings. The molecule has 1 rings (SSSR count). The fraction of sp³-hybridized carbons (Fsp3) is 1.00. The summed E-state index contributed by atoms with van der Waals surface area (Å²) in [5, 5.41) is 1.69. The van der Waals surface area contributed by atoms with Gasteiger partial charge < -0.3 is 4.84 Å². The second kappa shape index (κ2) is 4.39. The van der Waals surface area contributed by atoms with Crippen LogP contribution in [0.3, 0.4) is 0 Å². The number of nitrogens with zero attached hydrogens (tertiary/aromatic N) is 1. The first-order valence-corrected chi connectivity index (χ1v) is 6.31. The Morgan fingerprint density at radius 2 is 2.23 bits per heavy atom. The van der Waals surface area contributed by atoms with E-state index in [9.17, 15) is 8.42 Å². The van der Waals surface area contributed by atoms with Crippen LogP contribution in [0.25, 0.3) is 0 Å². The lowest BCUT2D eigenvalue weighted by atomic mass is 10.1. The quantitative estimate of drug-likeness (QED) is 0.625. The van der Waals surface area contributed by atoms with Gasteiger partial charge in [0.2, 0.25) is 0 Å². The summed E-state index contributed by atoms with van der Waals surface area (Å²) in [4.78, 5) is 4.96. The minimum atomic E-state index is -2.77. The number of sulfone groups is 1. The third-order valence-electron chi connectivity index (χ3n) is 2.38. The highest BCUT2D eigenvalue weighted by Crippen LogP contribution is 2.18. The van der Waals surface area contributed by atoms with Crippen LogP contribution in [-0.2, 0) is 14.7 Å². The van der Waals surface area contributed by atoms with Gasteiger partial charge in [-0.15, -0.1) is 0 Å². The zero-order chi connectivity index (χ0) is 9.90. The zero-order valence-corrected chi connectivity index (χ0v) is 9.01. The maximum absolute atomic E-state index is 11.3. The molecule has 0 bridgehead atoms. The van der Waals surface area contributed by atoms with E-state index in [1.165, 1.54) is 0 Å². The molecule has 1 heterocycles. The van der Waals surface area contributed by atoms with Crippen molar-refractivity contribution in [1.82, 2.24) is 5.06 Å². The van der Waals surface area contributed by atoms with Gasteiger partial charge in [-0.05, 0) is 18.8 Å². The van der Waals surface area contributed by atoms with Gasteiger partial charge in [0, 0.05) is 13.6 Å². The van der Waals surface area contributed by atoms with Gasteiger partial charge in [0.1, 0.15) is 0 Å². The molecule has 0 aromatic heterocycles. The monoisotopic (exact) mass is 207 g/mol. The second-order valence-electron chi connectivity index (χ2n) is 3.62. The Hall–Kier alpha value is -0.130. The van der Waals surface area contributed by atoms with E-state index in [0.717, 1.165) is 12.8 Å². The summed E-state index contributed by atoms with van der Waals surface area (Å²) in [6.45, 7) is 0.704. The van der Waals surface area contributed by atoms with Crippen molar-refractivity contribution >= 4 is 9.84 Å². The zero-order valence-electron chi connectivity index (χ0n) is 8.19. The van der Waals surface area contributed by atoms with Crippen molar-refractivity contribution in [3.05, 3.63) is 0 Å². The van der Waals surface area contributed by atoms with E-state index in [2.05, 4.69) is 0 Å². The SMILES string of the molecule is CON(C)CC1CCCS(=O)(=O)C1. The van der Waals surface area contributed by atoms with E-state index in [-0.39, 0.29) is 5.92 Å². The van der Waals surface area contributed by atoms with Crippen LogP contribution < -0.4 is 0 Å². The van der Waals surface area contributed by atoms with E-state index < -0.39 is 9.84 Å². The molecule has 78 valence electrons. The summed E-state index contributed by atoms with van der Waals surface area (Å²) in [7, 11) is 0.647. The van der Waals surface area contributed by atoms with Crippen LogP contribution in [-0.4, -0.2) is 45.7 Å². The molecule has 1 saturated heterocycles. The molecule has 0 aromatic carbocycles. The van der Waals surface area contributed by atoms with Gasteiger partial charge in [-0.25, -0.2) is 8.42 Å². The molecule has 0 saturated carbocycles. The molecule has 0 aliphatic carbocycles. The minimum absolute atomic E-state index is 0.240. The van der Waals surface area contributed by atoms with E-state index in [1.54, 1.807) is 12.2 Å². The Morgan fingerprint density at radius 3 is 2.77 bits per heavy atom. The Labute approximate surface area is 79.7 Å². The van der Waals surface area contributed by atoms with Crippen molar-refractivity contribution in [1.29, 1.82) is 0 Å². The van der Waals surface area contributed by atoms with E-state index in [1.807, 2.05) is 7.05 Å². The fourth-order valence-corrected chi connectivity index (χ4v) is 3.46. The predicted octanol–water partition coefficient (Wildman–Crippen LogP) is 0.304. The second-order valence-corrected chi connectivity index (χ2v) is 5.84. The van der Waals surface area contributed by atoms with Crippen molar-refractivity contribution in [3.63, 3.8) is 0 Å². The van der Waals surface area contributed by atoms with Gasteiger partial charge in [0.15, 0.2) is 9.84 Å². The summed E-state index contributed by atoms with van der Waals surface area (Å²) in [6.07, 6.45) is 1.79. The maximum Gasteiger partial charge on any atom is 0.150 e. The molecule has 1 atom stereocenters. The molecular formula is C8H17NO3S. The van der Waals surface area contributed by atoms with Crippen LogP contribution in [0, 0.1) is 5.92 Å². The Balaban J connectivity index is 2.43. The topological polar surface area (TPSA) is 46.6 Å². The van der Waals surface area contributed by atoms with Crippen molar-refractivity contribution in [2.75, 3.05) is 32.2 Å². The number of rotatable bonds is 3. The number of hydroxylamine groups is 2. The molecule has 1 unspecified atom stereocenters. The molecule has 5 heteroatoms. The first-order chi connectivity index (χ1) is 6.03. The highest BCUT2D eigenvalue weighted by Gasteiger charge is 2.25. The third kappa shape index (κ3) is 3.62. The first-order valence-electron chi connectivity index (χ1n) is 4.49. The Morgan fingerprint density at radius 1 is 1.54 bits per heavy atom. The standard InChI is InChI=1S/C8H17NO3S/c1-9(12-2)6-8-4-3-5-13(10,11)7-8/h8H,3-7H2,1-2H3. The number of hydrogen-bond donors (Lipinski definition) is 0. The minimum Gasteiger partial charge on any atom is -0.303 e. The molecule has 0 amide bonds. The van der Waals surface area contributed by atoms with Crippen LogP contribution in [0.2, 0.25) is 0 Å². The van der Waals surface area contributed by atoms with Crippen LogP contribution >= 0.6 is 0 Å². The lowest BCUT2D eigenvalue weighted by Crippen LogP contribution is -2.33. The molecule has 0 spiro atoms. The maximum atomic E-state index is 11.3. The Kier molecular flexibility index (Phi) is 3.70. The van der Waals surface area contributed by atoms with Crippen molar-refractivity contribution < 1.29 is 13.3 Å². The van der Waals surface area contributed by atoms with Gasteiger partial charge in [-0.1, -0.05) is 0 Å². The molecule has 1 aliphatic rings. The lowest BCUT2D eigenvalue weighted by molar-refractivity contribution is -0.117. The van der Waals surface area contributed by atoms with E-state index in [0.29, 0.717) is 18.1 Å². The Bertz CT molecular complexity index is 250. The van der Waals surface area contributed by atoms with E-state index >= 15 is 0 Å². The molecule has 0 N–H and O–H groups in total. The summed E-state index contributed by atoms with van der Waals surface area (Å²) < 4.78 is 22.5. The highest BCUT2D eigenvalue weighted by molar-refractivity contribution is 7.91. The van der Waals surface area contributed by atoms with Crippen molar-refractivity contribution in [2.45, 2.75) is 12.8 Å². The summed E-state index contributed by atoms with van der Waals surface area (Å²) in [5.41, 5.74) is 0. The van der Waals surface area contributed by atoms with Crippen LogP contribution in [0.4, 0.5) is 0 Å². The largest absolute Gasteiger partial charge is 0.303 e. The van der Waals surface area contributed by atoms with Gasteiger partial charge in [-0.3, -0.25) is 0 Å². The van der Waals surface area contributed by atoms with Crippen LogP contribution in [0.15, 0.2) is 0 Å². The molecule has 4 nitrogen and oxygen atoms in total. The van der Waals surface area contributed by atoms with Gasteiger partial charge >= 0.3 is 0 Å². The molecule has 1 aliphatic heterocycles. The molecular weight excluding hydrogens is 190 g/mol. The first kappa shape index (κ1) is 10.9. The normalized spacial score (nSPS) is 27.8. The number of hydrogen-bond acceptors (Lipinski definition) is 4. The summed E-state index contributed by atoms with van der Waals surface area (Å²) >= 11 is 0. The van der Waals surface area contributed by atoms with Gasteiger partial charge in [0.25, 0.3) is 0 Å². The highest BCUT2D eigenvalue weighted by atomic mass is 32.2. The molecule has 0 aromatic rings. The average Bonchev–Trinajstić information content (AvgIpc) is 2.02. The van der Waals surface area contributed by atoms with Crippen molar-refractivity contribution in [3.8, 4) is 0 Å². The average molecular weight is 207 g/mol. The predicted molar refractivity (Wildman–Crippen MR) is 51.0 cm³/mol. The molecule has 0 radical (unpaired) electrons. The lowest BCUT2D eigenvalue weighted by Gasteiger charge is -2.25. The summed E-state index contributed by atoms with van der Waals surface area (Å²) in [5.74, 6) is 0.921. The third-order valence-corrected chi connectivity index (χ3v) is 4.27. The van der Waals surface area contributed by atoms with Gasteiger partial charge in [0.05, 0.1) is 18.6 Å². The van der Waals surface area contributed by atoms with Crippen molar-refractivity contribution in [2.24, 2.45) is 5.92 Å². The van der Waals surface area contributed by atoms with Crippen LogP contribution in [0.1, 0.15) is 12.8 Å².